The smallest absolute Gasteiger partial charge is 0.185 e. The van der Waals surface area contributed by atoms with E-state index in [0.29, 0.717) is 16.8 Å². The lowest BCUT2D eigenvalue weighted by Crippen LogP contribution is -2.44. The molecule has 0 amide bonds. The summed E-state index contributed by atoms with van der Waals surface area (Å²) >= 11 is 0. The van der Waals surface area contributed by atoms with Crippen molar-refractivity contribution in [3.8, 4) is 12.1 Å². The van der Waals surface area contributed by atoms with Crippen LogP contribution in [0.5, 0.6) is 0 Å². The van der Waals surface area contributed by atoms with Gasteiger partial charge in [0.05, 0.1) is 18.2 Å². The number of Topliss-reactive ketones (excluding diaryl/α,β-unsaturated/α-hetero) is 1. The molecule has 0 aromatic heterocycles. The number of carbonyl (C=O) groups excluding carboxylic acids is 1. The van der Waals surface area contributed by atoms with Crippen molar-refractivity contribution in [2.24, 2.45) is 5.41 Å². The summed E-state index contributed by atoms with van der Waals surface area (Å²) in [6, 6.07) is 21.0. The Labute approximate surface area is 189 Å². The predicted octanol–water partition coefficient (Wildman–Crippen LogP) is 5.25. The molecular weight excluding hydrogens is 420 g/mol. The molecule has 0 N–H and O–H groups in total. The molecule has 2 aliphatic rings. The number of rotatable bonds is 3. The molecule has 3 aromatic carbocycles. The van der Waals surface area contributed by atoms with Gasteiger partial charge in [0, 0.05) is 22.7 Å². The average molecular weight is 437 g/mol. The van der Waals surface area contributed by atoms with Gasteiger partial charge in [0.2, 0.25) is 0 Å². The van der Waals surface area contributed by atoms with E-state index in [4.69, 9.17) is 0 Å². The maximum atomic E-state index is 15.1. The van der Waals surface area contributed by atoms with Crippen molar-refractivity contribution in [3.63, 3.8) is 0 Å². The largest absolute Gasteiger partial charge is 0.351 e. The summed E-state index contributed by atoms with van der Waals surface area (Å²) in [4.78, 5) is 15.6. The zero-order valence-electron chi connectivity index (χ0n) is 17.3. The Morgan fingerprint density at radius 3 is 2.33 bits per heavy atom. The Kier molecular flexibility index (Phi) is 4.80. The molecule has 0 bridgehead atoms. The minimum Gasteiger partial charge on any atom is -0.351 e. The monoisotopic (exact) mass is 437 g/mol. The second-order valence-electron chi connectivity index (χ2n) is 8.18. The summed E-state index contributed by atoms with van der Waals surface area (Å²) in [5, 5.41) is 20.6. The van der Waals surface area contributed by atoms with Crippen LogP contribution in [0.4, 0.5) is 14.5 Å². The van der Waals surface area contributed by atoms with Gasteiger partial charge < -0.3 is 4.90 Å². The Bertz CT molecular complexity index is 1360. The van der Waals surface area contributed by atoms with Gasteiger partial charge in [-0.05, 0) is 29.8 Å². The number of halogens is 2. The number of fused-ring (bicyclic) bond motifs is 3. The topological polar surface area (TPSA) is 67.9 Å². The van der Waals surface area contributed by atoms with Crippen LogP contribution >= 0.6 is 0 Å². The number of carbonyl (C=O) groups is 1. The first-order chi connectivity index (χ1) is 16.0. The van der Waals surface area contributed by atoms with E-state index in [1.165, 1.54) is 36.4 Å². The van der Waals surface area contributed by atoms with Gasteiger partial charge in [-0.25, -0.2) is 8.78 Å². The summed E-state index contributed by atoms with van der Waals surface area (Å²) in [5.74, 6) is -2.45. The molecule has 3 aromatic rings. The predicted molar refractivity (Wildman–Crippen MR) is 119 cm³/mol. The van der Waals surface area contributed by atoms with Crippen molar-refractivity contribution in [3.05, 3.63) is 107 Å². The molecule has 33 heavy (non-hydrogen) atoms. The maximum absolute atomic E-state index is 15.1. The van der Waals surface area contributed by atoms with Crippen LogP contribution < -0.4 is 4.90 Å². The van der Waals surface area contributed by atoms with Crippen LogP contribution in [0.15, 0.2) is 78.9 Å². The van der Waals surface area contributed by atoms with Gasteiger partial charge in [-0.15, -0.1) is 0 Å². The van der Waals surface area contributed by atoms with Crippen LogP contribution in [0.3, 0.4) is 0 Å². The molecule has 1 fully saturated rings. The highest BCUT2D eigenvalue weighted by Gasteiger charge is 2.63. The Balaban J connectivity index is 1.81. The molecule has 2 heterocycles. The van der Waals surface area contributed by atoms with Crippen molar-refractivity contribution in [1.82, 2.24) is 0 Å². The highest BCUT2D eigenvalue weighted by atomic mass is 19.1. The zero-order valence-corrected chi connectivity index (χ0v) is 17.3. The maximum Gasteiger partial charge on any atom is 0.185 e. The van der Waals surface area contributed by atoms with Crippen molar-refractivity contribution < 1.29 is 13.6 Å². The molecule has 6 heteroatoms. The van der Waals surface area contributed by atoms with E-state index >= 15 is 4.39 Å². The molecule has 0 unspecified atom stereocenters. The first-order valence-electron chi connectivity index (χ1n) is 10.4. The molecular formula is C27H17F2N3O. The lowest BCUT2D eigenvalue weighted by atomic mass is 9.69. The van der Waals surface area contributed by atoms with Gasteiger partial charge in [-0.3, -0.25) is 4.79 Å². The van der Waals surface area contributed by atoms with E-state index in [9.17, 15) is 19.7 Å². The number of hydrogen-bond acceptors (Lipinski definition) is 4. The van der Waals surface area contributed by atoms with Gasteiger partial charge >= 0.3 is 0 Å². The van der Waals surface area contributed by atoms with Gasteiger partial charge in [-0.2, -0.15) is 10.5 Å². The number of nitriles is 2. The van der Waals surface area contributed by atoms with Gasteiger partial charge in [0.25, 0.3) is 0 Å². The fourth-order valence-electron chi connectivity index (χ4n) is 5.11. The van der Waals surface area contributed by atoms with E-state index in [1.807, 2.05) is 0 Å². The van der Waals surface area contributed by atoms with Crippen molar-refractivity contribution in [2.75, 3.05) is 4.90 Å². The fourth-order valence-corrected chi connectivity index (χ4v) is 5.11. The van der Waals surface area contributed by atoms with Crippen molar-refractivity contribution in [1.29, 1.82) is 10.5 Å². The quantitative estimate of drug-likeness (QED) is 0.525. The Morgan fingerprint density at radius 1 is 0.939 bits per heavy atom. The summed E-state index contributed by atoms with van der Waals surface area (Å²) in [5.41, 5.74) is -0.198. The highest BCUT2D eigenvalue weighted by Crippen LogP contribution is 2.55. The van der Waals surface area contributed by atoms with Crippen LogP contribution in [-0.2, 0) is 0 Å². The van der Waals surface area contributed by atoms with E-state index in [1.54, 1.807) is 53.5 Å². The molecule has 0 aliphatic carbocycles. The SMILES string of the molecule is N#CC1(C#N)[C@H](c2ccccc2F)[C@@H](C(=O)c2ccccc2)N2c3ccc(F)cc3C=C[C@@H]21. The minimum absolute atomic E-state index is 0.126. The lowest BCUT2D eigenvalue weighted by molar-refractivity contribution is 0.0950. The molecule has 3 atom stereocenters. The molecule has 4 nitrogen and oxygen atoms in total. The normalized spacial score (nSPS) is 22.1. The molecule has 160 valence electrons. The number of ketones is 1. The fraction of sp³-hybridized carbons (Fsp3) is 0.148. The van der Waals surface area contributed by atoms with Crippen LogP contribution in [0, 0.1) is 39.7 Å². The van der Waals surface area contributed by atoms with Gasteiger partial charge in [0.15, 0.2) is 11.2 Å². The first-order valence-corrected chi connectivity index (χ1v) is 10.4. The molecule has 5 rings (SSSR count). The summed E-state index contributed by atoms with van der Waals surface area (Å²) in [6.07, 6.45) is 3.29. The van der Waals surface area contributed by atoms with E-state index < -0.39 is 35.1 Å². The second-order valence-corrected chi connectivity index (χ2v) is 8.18. The summed E-state index contributed by atoms with van der Waals surface area (Å²) in [6.45, 7) is 0. The first kappa shape index (κ1) is 20.6. The third-order valence-corrected chi connectivity index (χ3v) is 6.54. The van der Waals surface area contributed by atoms with E-state index in [2.05, 4.69) is 12.1 Å². The molecule has 0 spiro atoms. The van der Waals surface area contributed by atoms with E-state index in [0.717, 1.165) is 0 Å². The van der Waals surface area contributed by atoms with Crippen molar-refractivity contribution in [2.45, 2.75) is 18.0 Å². The molecule has 2 aliphatic heterocycles. The molecule has 0 radical (unpaired) electrons. The summed E-state index contributed by atoms with van der Waals surface area (Å²) < 4.78 is 29.1. The van der Waals surface area contributed by atoms with E-state index in [-0.39, 0.29) is 11.3 Å². The van der Waals surface area contributed by atoms with Crippen LogP contribution in [0.1, 0.15) is 27.4 Å². The lowest BCUT2D eigenvalue weighted by Gasteiger charge is -2.35. The molecule has 0 saturated carbocycles. The van der Waals surface area contributed by atoms with Gasteiger partial charge in [0.1, 0.15) is 17.7 Å². The average Bonchev–Trinajstić information content (AvgIpc) is 3.14. The number of hydrogen-bond donors (Lipinski definition) is 0. The highest BCUT2D eigenvalue weighted by molar-refractivity contribution is 6.04. The third kappa shape index (κ3) is 2.96. The Hall–Kier alpha value is -4.29. The number of nitrogens with zero attached hydrogens (tertiary/aromatic N) is 3. The zero-order chi connectivity index (χ0) is 23.2. The van der Waals surface area contributed by atoms with Crippen LogP contribution in [-0.4, -0.2) is 17.9 Å². The van der Waals surface area contributed by atoms with Crippen LogP contribution in [0.25, 0.3) is 6.08 Å². The van der Waals surface area contributed by atoms with Crippen LogP contribution in [0.2, 0.25) is 0 Å². The third-order valence-electron chi connectivity index (χ3n) is 6.54. The van der Waals surface area contributed by atoms with Crippen molar-refractivity contribution >= 4 is 17.5 Å². The standard InChI is InChI=1S/C27H17F2N3O/c28-19-11-12-22-18(14-19)10-13-23-27(15-30,16-31)24(20-8-4-5-9-21(20)29)25(32(22)23)26(33)17-6-2-1-3-7-17/h1-14,23-25H/t23-,24-,25+/m1/s1. The molecule has 1 saturated heterocycles. The van der Waals surface area contributed by atoms with Gasteiger partial charge in [-0.1, -0.05) is 60.7 Å². The summed E-state index contributed by atoms with van der Waals surface area (Å²) in [7, 11) is 0. The number of benzene rings is 3. The Morgan fingerprint density at radius 2 is 1.64 bits per heavy atom. The number of anilines is 1. The second kappa shape index (κ2) is 7.69. The minimum atomic E-state index is -1.75.